The van der Waals surface area contributed by atoms with Crippen molar-refractivity contribution < 1.29 is 23.8 Å². The van der Waals surface area contributed by atoms with Gasteiger partial charge in [-0.2, -0.15) is 0 Å². The molecule has 0 fully saturated rings. The number of hydrogen-bond acceptors (Lipinski definition) is 4. The van der Waals surface area contributed by atoms with Gasteiger partial charge in [0.05, 0.1) is 0 Å². The summed E-state index contributed by atoms with van der Waals surface area (Å²) in [6, 6.07) is 0. The molecule has 18 heavy (non-hydrogen) atoms. The smallest absolute Gasteiger partial charge is 0.338 e. The molecule has 0 heterocycles. The van der Waals surface area contributed by atoms with Crippen molar-refractivity contribution in [1.29, 1.82) is 0 Å². The molecule has 0 saturated carbocycles. The van der Waals surface area contributed by atoms with E-state index in [0.29, 0.717) is 0 Å². The third kappa shape index (κ3) is 3.66. The van der Waals surface area contributed by atoms with E-state index in [2.05, 4.69) is 0 Å². The van der Waals surface area contributed by atoms with Crippen LogP contribution in [0.3, 0.4) is 0 Å². The van der Waals surface area contributed by atoms with E-state index in [1.807, 2.05) is 0 Å². The molecule has 0 amide bonds. The molecule has 0 spiro atoms. The molecular weight excluding hydrogens is 241 g/mol. The quantitative estimate of drug-likeness (QED) is 0.592. The molecule has 0 aromatic heterocycles. The van der Waals surface area contributed by atoms with Gasteiger partial charge < -0.3 is 15.6 Å². The summed E-state index contributed by atoms with van der Waals surface area (Å²) < 4.78 is 18.8. The number of halogens is 1. The molecule has 0 aromatic rings. The molecule has 0 rings (SSSR count). The summed E-state index contributed by atoms with van der Waals surface area (Å²) in [6.07, 6.45) is 0. The van der Waals surface area contributed by atoms with Crippen LogP contribution in [0.4, 0.5) is 4.39 Å². The Bertz CT molecular complexity index is 343. The minimum absolute atomic E-state index is 0.892. The number of hydrogen-bond donors (Lipinski definition) is 2. The first-order valence-corrected chi connectivity index (χ1v) is 5.67. The summed E-state index contributed by atoms with van der Waals surface area (Å²) in [6.45, 7) is 8.37. The fourth-order valence-corrected chi connectivity index (χ4v) is 1.35. The lowest BCUT2D eigenvalue weighted by Gasteiger charge is -2.36. The van der Waals surface area contributed by atoms with Crippen molar-refractivity contribution in [3.05, 3.63) is 0 Å². The van der Waals surface area contributed by atoms with Gasteiger partial charge in [0.15, 0.2) is 0 Å². The highest BCUT2D eigenvalue weighted by molar-refractivity contribution is 6.04. The normalized spacial score (nSPS) is 17.8. The van der Waals surface area contributed by atoms with Gasteiger partial charge in [0.1, 0.15) is 11.3 Å². The topological polar surface area (TPSA) is 89.6 Å². The minimum Gasteiger partial charge on any atom is -0.479 e. The first-order valence-electron chi connectivity index (χ1n) is 5.67. The summed E-state index contributed by atoms with van der Waals surface area (Å²) in [4.78, 5) is 23.2. The van der Waals surface area contributed by atoms with Crippen LogP contribution in [0, 0.1) is 5.92 Å². The van der Waals surface area contributed by atoms with Crippen LogP contribution in [0.25, 0.3) is 0 Å². The van der Waals surface area contributed by atoms with Crippen LogP contribution >= 0.6 is 0 Å². The maximum absolute atomic E-state index is 13.9. The van der Waals surface area contributed by atoms with Gasteiger partial charge in [-0.05, 0) is 34.6 Å². The van der Waals surface area contributed by atoms with Gasteiger partial charge in [0.25, 0.3) is 0 Å². The molecule has 5 nitrogen and oxygen atoms in total. The van der Waals surface area contributed by atoms with Gasteiger partial charge in [0, 0.05) is 5.92 Å². The van der Waals surface area contributed by atoms with E-state index in [1.165, 1.54) is 20.8 Å². The molecule has 1 unspecified atom stereocenters. The van der Waals surface area contributed by atoms with Gasteiger partial charge in [-0.3, -0.25) is 0 Å². The number of carboxylic acids is 1. The SMILES string of the molecule is CC(C(C)(C)F)[C@](N)(C(=O)O)C(=O)OC(C)(C)C. The molecule has 0 radical (unpaired) electrons. The number of ether oxygens (including phenoxy) is 1. The number of aliphatic carboxylic acids is 1. The highest BCUT2D eigenvalue weighted by atomic mass is 19.1. The highest BCUT2D eigenvalue weighted by Crippen LogP contribution is 2.31. The van der Waals surface area contributed by atoms with Crippen LogP contribution in [0.15, 0.2) is 0 Å². The van der Waals surface area contributed by atoms with E-state index in [4.69, 9.17) is 15.6 Å². The number of carboxylic acid groups (broad SMARTS) is 1. The summed E-state index contributed by atoms with van der Waals surface area (Å²) >= 11 is 0. The van der Waals surface area contributed by atoms with Crippen LogP contribution in [-0.2, 0) is 14.3 Å². The molecule has 0 aliphatic rings. The zero-order chi connectivity index (χ0) is 14.9. The van der Waals surface area contributed by atoms with Crippen molar-refractivity contribution in [3.63, 3.8) is 0 Å². The zero-order valence-electron chi connectivity index (χ0n) is 11.7. The Hall–Kier alpha value is -1.17. The molecule has 0 aliphatic heterocycles. The molecular formula is C12H22FNO4. The molecule has 0 aromatic carbocycles. The monoisotopic (exact) mass is 263 g/mol. The predicted octanol–water partition coefficient (Wildman–Crippen LogP) is 1.49. The van der Waals surface area contributed by atoms with Gasteiger partial charge >= 0.3 is 11.9 Å². The Morgan fingerprint density at radius 3 is 1.83 bits per heavy atom. The summed E-state index contributed by atoms with van der Waals surface area (Å²) in [5.74, 6) is -3.98. The van der Waals surface area contributed by atoms with Gasteiger partial charge in [-0.25, -0.2) is 14.0 Å². The first-order chi connectivity index (χ1) is 7.73. The molecule has 3 N–H and O–H groups in total. The summed E-state index contributed by atoms with van der Waals surface area (Å²) in [7, 11) is 0. The lowest BCUT2D eigenvalue weighted by Crippen LogP contribution is -2.64. The highest BCUT2D eigenvalue weighted by Gasteiger charge is 2.55. The van der Waals surface area contributed by atoms with Crippen molar-refractivity contribution in [2.45, 2.75) is 58.4 Å². The summed E-state index contributed by atoms with van der Waals surface area (Å²) in [5, 5.41) is 9.14. The Kier molecular flexibility index (Phi) is 4.52. The average Bonchev–Trinajstić information content (AvgIpc) is 2.10. The zero-order valence-corrected chi connectivity index (χ0v) is 11.7. The van der Waals surface area contributed by atoms with Crippen LogP contribution in [0.2, 0.25) is 0 Å². The standard InChI is InChI=1S/C12H22FNO4/c1-7(11(5,6)13)12(14,8(15)16)9(17)18-10(2,3)4/h7H,14H2,1-6H3,(H,15,16)/t7?,12-/m0/s1. The number of carbonyl (C=O) groups excluding carboxylic acids is 1. The number of nitrogens with two attached hydrogens (primary N) is 1. The third-order valence-electron chi connectivity index (χ3n) is 2.80. The second-order valence-electron chi connectivity index (χ2n) is 5.96. The van der Waals surface area contributed by atoms with Gasteiger partial charge in [-0.15, -0.1) is 0 Å². The van der Waals surface area contributed by atoms with Gasteiger partial charge in [0.2, 0.25) is 5.54 Å². The average molecular weight is 263 g/mol. The Morgan fingerprint density at radius 1 is 1.22 bits per heavy atom. The van der Waals surface area contributed by atoms with Crippen molar-refractivity contribution in [1.82, 2.24) is 0 Å². The van der Waals surface area contributed by atoms with Crippen molar-refractivity contribution in [2.24, 2.45) is 11.7 Å². The number of esters is 1. The Balaban J connectivity index is 5.43. The van der Waals surface area contributed by atoms with Crippen LogP contribution < -0.4 is 5.73 Å². The lowest BCUT2D eigenvalue weighted by atomic mass is 9.77. The molecule has 2 atom stereocenters. The Morgan fingerprint density at radius 2 is 1.61 bits per heavy atom. The maximum Gasteiger partial charge on any atom is 0.338 e. The largest absolute Gasteiger partial charge is 0.479 e. The third-order valence-corrected chi connectivity index (χ3v) is 2.80. The second kappa shape index (κ2) is 4.84. The molecule has 0 aliphatic carbocycles. The fraction of sp³-hybridized carbons (Fsp3) is 0.833. The van der Waals surface area contributed by atoms with Crippen LogP contribution in [-0.4, -0.2) is 33.9 Å². The van der Waals surface area contributed by atoms with Crippen LogP contribution in [0.5, 0.6) is 0 Å². The maximum atomic E-state index is 13.9. The molecule has 106 valence electrons. The minimum atomic E-state index is -2.41. The van der Waals surface area contributed by atoms with Crippen molar-refractivity contribution in [3.8, 4) is 0 Å². The van der Waals surface area contributed by atoms with Gasteiger partial charge in [-0.1, -0.05) is 6.92 Å². The molecule has 6 heteroatoms. The lowest BCUT2D eigenvalue weighted by molar-refractivity contribution is -0.174. The van der Waals surface area contributed by atoms with E-state index >= 15 is 0 Å². The van der Waals surface area contributed by atoms with Crippen LogP contribution in [0.1, 0.15) is 41.5 Å². The van der Waals surface area contributed by atoms with E-state index < -0.39 is 34.7 Å². The van der Waals surface area contributed by atoms with Crippen molar-refractivity contribution in [2.75, 3.05) is 0 Å². The molecule has 0 bridgehead atoms. The van der Waals surface area contributed by atoms with Crippen molar-refractivity contribution >= 4 is 11.9 Å². The van der Waals surface area contributed by atoms with E-state index in [9.17, 15) is 14.0 Å². The van der Waals surface area contributed by atoms with E-state index in [0.717, 1.165) is 0 Å². The summed E-state index contributed by atoms with van der Waals surface area (Å²) in [5.41, 5.74) is 0.378. The number of alkyl halides is 1. The first kappa shape index (κ1) is 16.8. The molecule has 0 saturated heterocycles. The number of carbonyl (C=O) groups is 2. The number of rotatable bonds is 4. The van der Waals surface area contributed by atoms with E-state index in [1.54, 1.807) is 20.8 Å². The Labute approximate surface area is 106 Å². The predicted molar refractivity (Wildman–Crippen MR) is 64.8 cm³/mol. The van der Waals surface area contributed by atoms with E-state index in [-0.39, 0.29) is 0 Å². The fourth-order valence-electron chi connectivity index (χ4n) is 1.35. The second-order valence-corrected chi connectivity index (χ2v) is 5.96.